The van der Waals surface area contributed by atoms with Gasteiger partial charge in [-0.15, -0.1) is 0 Å². The summed E-state index contributed by atoms with van der Waals surface area (Å²) in [5, 5.41) is 6.90. The number of rotatable bonds is 6. The van der Waals surface area contributed by atoms with E-state index in [2.05, 4.69) is 44.5 Å². The molecule has 4 rings (SSSR count). The first-order chi connectivity index (χ1) is 15.7. The lowest BCUT2D eigenvalue weighted by Gasteiger charge is -2.34. The number of amides is 1. The molecule has 3 aliphatic rings. The van der Waals surface area contributed by atoms with E-state index in [0.717, 1.165) is 82.4 Å². The Morgan fingerprint density at radius 2 is 1.91 bits per heavy atom. The summed E-state index contributed by atoms with van der Waals surface area (Å²) in [6.45, 7) is 9.93. The Labute approximate surface area is 192 Å². The van der Waals surface area contributed by atoms with Gasteiger partial charge < -0.3 is 25.3 Å². The third-order valence-corrected chi connectivity index (χ3v) is 7.18. The number of likely N-dealkylation sites (N-methyl/N-ethyl adjacent to an activating group) is 1. The van der Waals surface area contributed by atoms with Gasteiger partial charge in [-0.1, -0.05) is 25.8 Å². The average Bonchev–Trinajstić information content (AvgIpc) is 3.54. The van der Waals surface area contributed by atoms with Crippen molar-refractivity contribution in [1.29, 1.82) is 0 Å². The van der Waals surface area contributed by atoms with Crippen LogP contribution in [0, 0.1) is 5.92 Å². The Bertz CT molecular complexity index is 767. The number of anilines is 1. The second kappa shape index (κ2) is 11.0. The van der Waals surface area contributed by atoms with Crippen molar-refractivity contribution >= 4 is 17.7 Å². The molecule has 1 aliphatic carbocycles. The van der Waals surface area contributed by atoms with Crippen LogP contribution in [-0.4, -0.2) is 85.6 Å². The Morgan fingerprint density at radius 1 is 1.12 bits per heavy atom. The molecule has 1 aromatic heterocycles. The zero-order chi connectivity index (χ0) is 22.3. The number of carbonyl (C=O) groups is 1. The quantitative estimate of drug-likeness (QED) is 0.517. The lowest BCUT2D eigenvalue weighted by molar-refractivity contribution is -0.134. The van der Waals surface area contributed by atoms with Crippen LogP contribution in [0.3, 0.4) is 0 Å². The summed E-state index contributed by atoms with van der Waals surface area (Å²) < 4.78 is 0. The molecule has 1 saturated carbocycles. The highest BCUT2D eigenvalue weighted by atomic mass is 16.2. The molecule has 8 heteroatoms. The topological polar surface area (TPSA) is 76.1 Å². The lowest BCUT2D eigenvalue weighted by atomic mass is 10.1. The van der Waals surface area contributed by atoms with Gasteiger partial charge in [0.1, 0.15) is 5.82 Å². The van der Waals surface area contributed by atoms with E-state index in [1.807, 2.05) is 11.1 Å². The maximum Gasteiger partial charge on any atom is 0.225 e. The van der Waals surface area contributed by atoms with E-state index in [0.29, 0.717) is 12.5 Å². The molecule has 2 aliphatic heterocycles. The number of aromatic nitrogens is 1. The van der Waals surface area contributed by atoms with Crippen LogP contribution in [0.1, 0.15) is 44.6 Å². The smallest absolute Gasteiger partial charge is 0.225 e. The van der Waals surface area contributed by atoms with Gasteiger partial charge >= 0.3 is 0 Å². The summed E-state index contributed by atoms with van der Waals surface area (Å²) in [4.78, 5) is 28.6. The summed E-state index contributed by atoms with van der Waals surface area (Å²) >= 11 is 0. The van der Waals surface area contributed by atoms with E-state index in [1.54, 1.807) is 7.05 Å². The minimum absolute atomic E-state index is 0.258. The van der Waals surface area contributed by atoms with Crippen LogP contribution in [0.15, 0.2) is 23.3 Å². The number of carbonyl (C=O) groups excluding carboxylic acids is 1. The zero-order valence-electron chi connectivity index (χ0n) is 19.7. The first-order valence-corrected chi connectivity index (χ1v) is 12.3. The molecule has 1 aromatic rings. The van der Waals surface area contributed by atoms with Crippen LogP contribution in [-0.2, 0) is 11.3 Å². The second-order valence-electron chi connectivity index (χ2n) is 9.27. The van der Waals surface area contributed by atoms with Gasteiger partial charge in [-0.25, -0.2) is 4.98 Å². The number of nitrogens with zero attached hydrogens (tertiary/aromatic N) is 5. The third-order valence-electron chi connectivity index (χ3n) is 7.18. The number of pyridine rings is 1. The number of nitrogens with one attached hydrogen (secondary N) is 2. The Hall–Kier alpha value is -2.35. The summed E-state index contributed by atoms with van der Waals surface area (Å²) in [5.74, 6) is 2.46. The number of piperazine rings is 1. The monoisotopic (exact) mass is 441 g/mol. The molecule has 1 amide bonds. The van der Waals surface area contributed by atoms with Crippen molar-refractivity contribution in [3.05, 3.63) is 23.9 Å². The van der Waals surface area contributed by atoms with Crippen LogP contribution in [0.2, 0.25) is 0 Å². The molecule has 0 bridgehead atoms. The molecule has 1 unspecified atom stereocenters. The van der Waals surface area contributed by atoms with Crippen molar-refractivity contribution in [2.45, 2.75) is 51.6 Å². The summed E-state index contributed by atoms with van der Waals surface area (Å²) in [6.07, 6.45) is 7.47. The predicted octanol–water partition coefficient (Wildman–Crippen LogP) is 1.68. The SMILES string of the molecule is CCN1CCN(c2ccc(CNC(=NC)NC3CCN(C(=O)C4CCCC4)C3)cn2)CC1. The van der Waals surface area contributed by atoms with E-state index in [1.165, 1.54) is 12.8 Å². The maximum atomic E-state index is 12.7. The summed E-state index contributed by atoms with van der Waals surface area (Å²) in [5.41, 5.74) is 1.13. The molecule has 176 valence electrons. The van der Waals surface area contributed by atoms with Crippen molar-refractivity contribution in [2.75, 3.05) is 57.8 Å². The van der Waals surface area contributed by atoms with Gasteiger partial charge in [-0.3, -0.25) is 9.79 Å². The Morgan fingerprint density at radius 3 is 2.56 bits per heavy atom. The van der Waals surface area contributed by atoms with Crippen molar-refractivity contribution in [1.82, 2.24) is 25.4 Å². The number of hydrogen-bond donors (Lipinski definition) is 2. The fourth-order valence-electron chi connectivity index (χ4n) is 5.08. The molecule has 3 heterocycles. The van der Waals surface area contributed by atoms with Gasteiger partial charge in [0.2, 0.25) is 5.91 Å². The number of aliphatic imine (C=N–C) groups is 1. The molecule has 0 aromatic carbocycles. The highest BCUT2D eigenvalue weighted by Gasteiger charge is 2.32. The first kappa shape index (κ1) is 22.8. The lowest BCUT2D eigenvalue weighted by Crippen LogP contribution is -2.46. The molecular weight excluding hydrogens is 402 g/mol. The van der Waals surface area contributed by atoms with Crippen molar-refractivity contribution < 1.29 is 4.79 Å². The molecule has 2 N–H and O–H groups in total. The maximum absolute atomic E-state index is 12.7. The van der Waals surface area contributed by atoms with E-state index in [4.69, 9.17) is 4.98 Å². The van der Waals surface area contributed by atoms with Gasteiger partial charge in [0.05, 0.1) is 0 Å². The normalized spacial score (nSPS) is 23.1. The largest absolute Gasteiger partial charge is 0.354 e. The number of likely N-dealkylation sites (tertiary alicyclic amines) is 1. The number of guanidine groups is 1. The van der Waals surface area contributed by atoms with Crippen LogP contribution in [0.4, 0.5) is 5.82 Å². The highest BCUT2D eigenvalue weighted by molar-refractivity contribution is 5.81. The van der Waals surface area contributed by atoms with Gasteiger partial charge in [-0.2, -0.15) is 0 Å². The van der Waals surface area contributed by atoms with Gasteiger partial charge in [0.25, 0.3) is 0 Å². The molecule has 0 radical (unpaired) electrons. The van der Waals surface area contributed by atoms with E-state index < -0.39 is 0 Å². The predicted molar refractivity (Wildman–Crippen MR) is 129 cm³/mol. The molecule has 3 fully saturated rings. The fraction of sp³-hybridized carbons (Fsp3) is 0.708. The molecule has 2 saturated heterocycles. The van der Waals surface area contributed by atoms with Gasteiger partial charge in [0.15, 0.2) is 5.96 Å². The standard InChI is InChI=1S/C24H39N7O/c1-3-29-12-14-30(15-13-29)22-9-8-19(16-26-22)17-27-24(25-2)28-21-10-11-31(18-21)23(32)20-6-4-5-7-20/h8-9,16,20-21H,3-7,10-15,17-18H2,1-2H3,(H2,25,27,28). The van der Waals surface area contributed by atoms with Gasteiger partial charge in [0, 0.05) is 71.0 Å². The molecule has 32 heavy (non-hydrogen) atoms. The van der Waals surface area contributed by atoms with Crippen LogP contribution >= 0.6 is 0 Å². The molecule has 0 spiro atoms. The Kier molecular flexibility index (Phi) is 7.84. The average molecular weight is 442 g/mol. The van der Waals surface area contributed by atoms with Crippen LogP contribution in [0.5, 0.6) is 0 Å². The summed E-state index contributed by atoms with van der Waals surface area (Å²) in [7, 11) is 1.79. The van der Waals surface area contributed by atoms with E-state index >= 15 is 0 Å². The van der Waals surface area contributed by atoms with E-state index in [9.17, 15) is 4.79 Å². The highest BCUT2D eigenvalue weighted by Crippen LogP contribution is 2.27. The van der Waals surface area contributed by atoms with Crippen molar-refractivity contribution in [3.63, 3.8) is 0 Å². The second-order valence-corrected chi connectivity index (χ2v) is 9.27. The minimum atomic E-state index is 0.258. The van der Waals surface area contributed by atoms with Crippen LogP contribution < -0.4 is 15.5 Å². The zero-order valence-corrected chi connectivity index (χ0v) is 19.7. The molecular formula is C24H39N7O. The molecule has 1 atom stereocenters. The Balaban J connectivity index is 1.21. The summed E-state index contributed by atoms with van der Waals surface area (Å²) in [6, 6.07) is 4.53. The fourth-order valence-corrected chi connectivity index (χ4v) is 5.08. The first-order valence-electron chi connectivity index (χ1n) is 12.3. The third kappa shape index (κ3) is 5.71. The van der Waals surface area contributed by atoms with Crippen molar-refractivity contribution in [3.8, 4) is 0 Å². The van der Waals surface area contributed by atoms with Crippen molar-refractivity contribution in [2.24, 2.45) is 10.9 Å². The number of hydrogen-bond acceptors (Lipinski definition) is 5. The minimum Gasteiger partial charge on any atom is -0.354 e. The van der Waals surface area contributed by atoms with Crippen LogP contribution in [0.25, 0.3) is 0 Å². The molecule has 8 nitrogen and oxygen atoms in total. The van der Waals surface area contributed by atoms with E-state index in [-0.39, 0.29) is 12.0 Å². The van der Waals surface area contributed by atoms with Gasteiger partial charge in [-0.05, 0) is 37.4 Å².